The summed E-state index contributed by atoms with van der Waals surface area (Å²) < 4.78 is 0. The van der Waals surface area contributed by atoms with Gasteiger partial charge in [-0.1, -0.05) is 113 Å². The van der Waals surface area contributed by atoms with Gasteiger partial charge in [0.15, 0.2) is 0 Å². The van der Waals surface area contributed by atoms with Gasteiger partial charge in [0.25, 0.3) is 0 Å². The third-order valence-electron chi connectivity index (χ3n) is 18.2. The van der Waals surface area contributed by atoms with Gasteiger partial charge in [0.2, 0.25) is 0 Å². The van der Waals surface area contributed by atoms with Crippen molar-refractivity contribution in [3.63, 3.8) is 0 Å². The molecule has 21 heteroatoms. The molecule has 0 radical (unpaired) electrons. The molecular weight excluding hydrogens is 756 g/mol. The molecule has 0 spiro atoms. The van der Waals surface area contributed by atoms with Crippen molar-refractivity contribution in [1.82, 2.24) is 0 Å². The molecule has 0 aliphatic carbocycles. The van der Waals surface area contributed by atoms with E-state index in [2.05, 4.69) is 207 Å². The van der Waals surface area contributed by atoms with E-state index in [1.54, 1.807) is 0 Å². The Bertz CT molecular complexity index is 3640. The first kappa shape index (κ1) is 45.8. The summed E-state index contributed by atoms with van der Waals surface area (Å²) in [6.45, 7) is 0. The quantitative estimate of drug-likeness (QED) is 0.123. The van der Waals surface area contributed by atoms with Crippen LogP contribution in [0.4, 0.5) is 0 Å². The van der Waals surface area contributed by atoms with Crippen molar-refractivity contribution in [2.75, 3.05) is 0 Å². The highest BCUT2D eigenvalue weighted by Gasteiger charge is 2.31. The topological polar surface area (TPSA) is 0 Å². The Morgan fingerprint density at radius 2 is 0.462 bits per heavy atom. The zero-order valence-electron chi connectivity index (χ0n) is 43.5. The van der Waals surface area contributed by atoms with E-state index < -0.39 is 0 Å². The van der Waals surface area contributed by atoms with Gasteiger partial charge in [-0.05, 0) is 87.2 Å². The van der Waals surface area contributed by atoms with E-state index in [9.17, 15) is 0 Å². The number of hydrogen-bond donors (Lipinski definition) is 0. The van der Waals surface area contributed by atoms with Crippen LogP contribution in [0, 0.1) is 0 Å². The van der Waals surface area contributed by atoms with Crippen LogP contribution < -0.4 is 115 Å². The Kier molecular flexibility index (Phi) is 11.2. The average molecular weight is 805 g/mol. The fourth-order valence-corrected chi connectivity index (χ4v) is 12.8. The normalized spacial score (nSPS) is 11.8. The van der Waals surface area contributed by atoms with Gasteiger partial charge in [-0.2, -0.15) is 0 Å². The zero-order chi connectivity index (χ0) is 47.3. The molecule has 65 heavy (non-hydrogen) atoms. The van der Waals surface area contributed by atoms with Crippen LogP contribution in [0.2, 0.25) is 0 Å². The van der Waals surface area contributed by atoms with E-state index >= 15 is 0 Å². The number of fused-ring (bicyclic) bond motifs is 5. The van der Waals surface area contributed by atoms with Crippen molar-refractivity contribution in [2.24, 2.45) is 0 Å². The molecule has 0 N–H and O–H groups in total. The second-order valence-corrected chi connectivity index (χ2v) is 20.5. The average Bonchev–Trinajstić information content (AvgIpc) is 3.29. The molecule has 9 aromatic rings. The molecule has 0 unspecified atom stereocenters. The van der Waals surface area contributed by atoms with Gasteiger partial charge in [0.1, 0.15) is 165 Å². The molecule has 0 aromatic heterocycles. The Morgan fingerprint density at radius 1 is 0.185 bits per heavy atom. The summed E-state index contributed by atoms with van der Waals surface area (Å²) in [5.74, 6) is 0. The third-order valence-corrected chi connectivity index (χ3v) is 18.2. The highest BCUT2D eigenvalue weighted by atomic mass is 14.3. The monoisotopic (exact) mass is 809 g/mol. The summed E-state index contributed by atoms with van der Waals surface area (Å²) in [6, 6.07) is 16.0. The van der Waals surface area contributed by atoms with Crippen LogP contribution in [0.3, 0.4) is 0 Å². The van der Waals surface area contributed by atoms with Crippen molar-refractivity contribution >= 4 is 333 Å². The van der Waals surface area contributed by atoms with Crippen molar-refractivity contribution in [2.45, 2.75) is 0 Å². The van der Waals surface area contributed by atoms with Crippen molar-refractivity contribution in [1.29, 1.82) is 0 Å². The number of benzene rings is 9. The summed E-state index contributed by atoms with van der Waals surface area (Å²) in [5, 5.41) is 13.9. The maximum Gasteiger partial charge on any atom is 0.140 e. The summed E-state index contributed by atoms with van der Waals surface area (Å²) >= 11 is 0. The van der Waals surface area contributed by atoms with E-state index in [1.807, 2.05) is 0 Å². The fraction of sp³-hybridized carbons (Fsp3) is 0. The van der Waals surface area contributed by atoms with E-state index in [4.69, 9.17) is 0 Å². The Morgan fingerprint density at radius 3 is 0.877 bits per heavy atom. The second-order valence-electron chi connectivity index (χ2n) is 20.5. The molecule has 0 heterocycles. The number of rotatable bonds is 3. The highest BCUT2D eigenvalue weighted by molar-refractivity contribution is 6.76. The largest absolute Gasteiger partial charge is 0.140 e. The molecule has 0 amide bonds. The SMILES string of the molecule is Bc1c(B)c(B)c2c(B)c(-c3c(B)c(B)c(-c4c5c(B)c(B)c(B)c(B)c5c(-c5cccc6ccccc56)c5c(B)c(B)c(B)c(B)c45)c4c(B)c(B)c(B)c(B)c34)c(B)c(B)c2c1B. The predicted octanol–water partition coefficient (Wildman–Crippen LogP) is -24.1. The van der Waals surface area contributed by atoms with Crippen LogP contribution in [0.1, 0.15) is 0 Å². The smallest absolute Gasteiger partial charge is 0.101 e. The Hall–Kier alpha value is -4.36. The minimum absolute atomic E-state index is 1.28. The van der Waals surface area contributed by atoms with Gasteiger partial charge in [0.05, 0.1) is 0 Å². The lowest BCUT2D eigenvalue weighted by Crippen LogP contribution is -2.53. The van der Waals surface area contributed by atoms with Gasteiger partial charge < -0.3 is 0 Å². The fourth-order valence-electron chi connectivity index (χ4n) is 12.8. The van der Waals surface area contributed by atoms with E-state index in [0.29, 0.717) is 0 Å². The van der Waals surface area contributed by atoms with Crippen LogP contribution in [-0.4, -0.2) is 165 Å². The molecule has 0 atom stereocenters. The maximum atomic E-state index is 2.46. The molecule has 0 saturated carbocycles. The van der Waals surface area contributed by atoms with E-state index in [1.165, 1.54) is 202 Å². The van der Waals surface area contributed by atoms with Gasteiger partial charge in [-0.3, -0.25) is 0 Å². The standard InChI is InChI=1S/C44H49B21/c45-24-21(33(54)34(55)23-22(24)35(56)43(64)44(65)36(23)57)20-19-18(31(52)41(62)42(63)32(19)53)17(25(46)26(20)47)12-15-13(27(48)37(58)39(60)29(15)50)11(10-7-3-5-8-4-1-2-6-9(8)10)14-16(12)30(51)40(61)38(59)28(14)49/h1-7H,45-65H2. The predicted molar refractivity (Wildman–Crippen MR) is 362 cm³/mol. The van der Waals surface area contributed by atoms with Gasteiger partial charge in [-0.15, -0.1) is 43.7 Å². The lowest BCUT2D eigenvalue weighted by molar-refractivity contribution is 1.73. The molecule has 0 saturated heterocycles. The first-order valence-corrected chi connectivity index (χ1v) is 24.1. The van der Waals surface area contributed by atoms with Gasteiger partial charge >= 0.3 is 0 Å². The molecule has 0 aliphatic rings. The Labute approximate surface area is 406 Å². The van der Waals surface area contributed by atoms with Crippen LogP contribution in [-0.2, 0) is 0 Å². The molecule has 288 valence electrons. The first-order valence-electron chi connectivity index (χ1n) is 24.1. The van der Waals surface area contributed by atoms with Crippen molar-refractivity contribution < 1.29 is 0 Å². The molecule has 9 aromatic carbocycles. The molecule has 0 aliphatic heterocycles. The van der Waals surface area contributed by atoms with E-state index in [-0.39, 0.29) is 0 Å². The van der Waals surface area contributed by atoms with Crippen LogP contribution in [0.15, 0.2) is 42.5 Å². The lowest BCUT2D eigenvalue weighted by Gasteiger charge is -2.32. The van der Waals surface area contributed by atoms with Gasteiger partial charge in [-0.25, -0.2) is 0 Å². The summed E-state index contributed by atoms with van der Waals surface area (Å²) in [6.07, 6.45) is 0. The third kappa shape index (κ3) is 6.07. The number of hydrogen-bond acceptors (Lipinski definition) is 0. The van der Waals surface area contributed by atoms with Crippen LogP contribution in [0.25, 0.3) is 87.2 Å². The highest BCUT2D eigenvalue weighted by Crippen LogP contribution is 2.44. The van der Waals surface area contributed by atoms with Crippen LogP contribution >= 0.6 is 0 Å². The Balaban J connectivity index is 1.63. The summed E-state index contributed by atoms with van der Waals surface area (Å²) in [5.41, 5.74) is 37.7. The molecule has 0 nitrogen and oxygen atoms in total. The summed E-state index contributed by atoms with van der Waals surface area (Å²) in [4.78, 5) is 0. The molecule has 9 rings (SSSR count). The molecule has 0 fully saturated rings. The summed E-state index contributed by atoms with van der Waals surface area (Å²) in [7, 11) is 50.1. The van der Waals surface area contributed by atoms with E-state index in [0.717, 1.165) is 0 Å². The first-order chi connectivity index (χ1) is 30.6. The second kappa shape index (κ2) is 15.9. The lowest BCUT2D eigenvalue weighted by atomic mass is 9.55. The van der Waals surface area contributed by atoms with Crippen LogP contribution in [0.5, 0.6) is 0 Å². The maximum absolute atomic E-state index is 2.46. The molecule has 0 bridgehead atoms. The minimum Gasteiger partial charge on any atom is -0.101 e. The van der Waals surface area contributed by atoms with Gasteiger partial charge in [0, 0.05) is 0 Å². The minimum atomic E-state index is 1.28. The van der Waals surface area contributed by atoms with Crippen molar-refractivity contribution in [3.8, 4) is 33.4 Å². The van der Waals surface area contributed by atoms with Crippen molar-refractivity contribution in [3.05, 3.63) is 42.5 Å². The zero-order valence-corrected chi connectivity index (χ0v) is 43.5. The molecular formula is C44H49B21.